The summed E-state index contributed by atoms with van der Waals surface area (Å²) >= 11 is 3.27. The Labute approximate surface area is 70.4 Å². The molecule has 0 aliphatic heterocycles. The van der Waals surface area contributed by atoms with Crippen molar-refractivity contribution in [2.24, 2.45) is 0 Å². The van der Waals surface area contributed by atoms with Crippen molar-refractivity contribution >= 4 is 27.3 Å². The lowest BCUT2D eigenvalue weighted by Crippen LogP contribution is -1.95. The average molecular weight is 214 g/mol. The molecule has 0 radical (unpaired) electrons. The van der Waals surface area contributed by atoms with Gasteiger partial charge in [0, 0.05) is 0 Å². The Morgan fingerprint density at radius 2 is 2.36 bits per heavy atom. The van der Waals surface area contributed by atoms with Gasteiger partial charge in [-0.1, -0.05) is 0 Å². The van der Waals surface area contributed by atoms with Gasteiger partial charge in [0.25, 0.3) is 0 Å². The van der Waals surface area contributed by atoms with Crippen molar-refractivity contribution in [3.05, 3.63) is 17.0 Å². The van der Waals surface area contributed by atoms with E-state index in [9.17, 15) is 0 Å². The van der Waals surface area contributed by atoms with Gasteiger partial charge in [0.1, 0.15) is 6.33 Å². The Morgan fingerprint density at radius 1 is 1.55 bits per heavy atom. The summed E-state index contributed by atoms with van der Waals surface area (Å²) in [6.45, 7) is 0. The fourth-order valence-corrected chi connectivity index (χ4v) is 1.13. The number of hydrogen-bond donors (Lipinski definition) is 1. The van der Waals surface area contributed by atoms with E-state index in [1.165, 1.54) is 6.33 Å². The van der Waals surface area contributed by atoms with Crippen molar-refractivity contribution in [1.29, 1.82) is 0 Å². The quantitative estimate of drug-likeness (QED) is 0.691. The summed E-state index contributed by atoms with van der Waals surface area (Å²) < 4.78 is 2.27. The van der Waals surface area contributed by atoms with Crippen LogP contribution in [0.1, 0.15) is 0 Å². The summed E-state index contributed by atoms with van der Waals surface area (Å²) in [5.74, 6) is 0. The van der Waals surface area contributed by atoms with Crippen molar-refractivity contribution in [2.75, 3.05) is 5.73 Å². The average Bonchev–Trinajstić information content (AvgIpc) is 2.45. The molecule has 0 amide bonds. The maximum absolute atomic E-state index is 5.55. The Bertz CT molecular complexity index is 395. The summed E-state index contributed by atoms with van der Waals surface area (Å²) in [5.41, 5.74) is 6.74. The zero-order chi connectivity index (χ0) is 7.84. The van der Waals surface area contributed by atoms with Crippen LogP contribution in [0.3, 0.4) is 0 Å². The van der Waals surface area contributed by atoms with Crippen LogP contribution in [0.4, 0.5) is 5.69 Å². The predicted molar refractivity (Wildman–Crippen MR) is 42.9 cm³/mol. The first-order valence-corrected chi connectivity index (χ1v) is 3.68. The zero-order valence-electron chi connectivity index (χ0n) is 5.40. The third-order valence-electron chi connectivity index (χ3n) is 1.30. The van der Waals surface area contributed by atoms with Crippen LogP contribution in [-0.2, 0) is 0 Å². The molecule has 2 aromatic heterocycles. The maximum atomic E-state index is 5.55. The second kappa shape index (κ2) is 2.16. The van der Waals surface area contributed by atoms with E-state index in [0.717, 1.165) is 4.47 Å². The van der Waals surface area contributed by atoms with Crippen LogP contribution in [0.5, 0.6) is 0 Å². The van der Waals surface area contributed by atoms with E-state index < -0.39 is 0 Å². The molecule has 0 saturated heterocycles. The summed E-state index contributed by atoms with van der Waals surface area (Å²) in [6.07, 6.45) is 3.06. The molecule has 0 saturated carbocycles. The lowest BCUT2D eigenvalue weighted by molar-refractivity contribution is 0.925. The third-order valence-corrected chi connectivity index (χ3v) is 2.11. The van der Waals surface area contributed by atoms with Gasteiger partial charge in [0.2, 0.25) is 0 Å². The third kappa shape index (κ3) is 0.864. The molecule has 0 unspecified atom stereocenters. The first-order chi connectivity index (χ1) is 5.29. The molecular formula is C5H4BrN5. The molecule has 0 spiro atoms. The molecule has 0 atom stereocenters. The van der Waals surface area contributed by atoms with Crippen molar-refractivity contribution < 1.29 is 0 Å². The van der Waals surface area contributed by atoms with E-state index in [4.69, 9.17) is 5.73 Å². The molecule has 11 heavy (non-hydrogen) atoms. The molecular weight excluding hydrogens is 210 g/mol. The topological polar surface area (TPSA) is 69.1 Å². The standard InChI is InChI=1S/C5H4BrN5/c6-4-3(7)1-9-11-2-8-10-5(4)11/h1-2H,7H2. The van der Waals surface area contributed by atoms with Crippen LogP contribution in [0, 0.1) is 0 Å². The van der Waals surface area contributed by atoms with Gasteiger partial charge in [-0.3, -0.25) is 0 Å². The molecule has 2 rings (SSSR count). The Balaban J connectivity index is 2.93. The van der Waals surface area contributed by atoms with E-state index >= 15 is 0 Å². The highest BCUT2D eigenvalue weighted by molar-refractivity contribution is 9.10. The highest BCUT2D eigenvalue weighted by atomic mass is 79.9. The van der Waals surface area contributed by atoms with Crippen molar-refractivity contribution in [3.8, 4) is 0 Å². The number of anilines is 1. The van der Waals surface area contributed by atoms with Crippen LogP contribution in [0.2, 0.25) is 0 Å². The predicted octanol–water partition coefficient (Wildman–Crippen LogP) is 0.469. The number of aromatic nitrogens is 4. The van der Waals surface area contributed by atoms with Crippen molar-refractivity contribution in [2.45, 2.75) is 0 Å². The minimum atomic E-state index is 0.561. The van der Waals surface area contributed by atoms with Gasteiger partial charge < -0.3 is 5.73 Å². The molecule has 0 aliphatic rings. The van der Waals surface area contributed by atoms with Crippen LogP contribution >= 0.6 is 15.9 Å². The normalized spacial score (nSPS) is 10.6. The molecule has 0 aliphatic carbocycles. The van der Waals surface area contributed by atoms with Crippen LogP contribution in [-0.4, -0.2) is 19.8 Å². The van der Waals surface area contributed by atoms with E-state index in [2.05, 4.69) is 31.2 Å². The summed E-state index contributed by atoms with van der Waals surface area (Å²) in [6, 6.07) is 0. The SMILES string of the molecule is Nc1cnn2cnnc2c1Br. The van der Waals surface area contributed by atoms with Gasteiger partial charge in [0.15, 0.2) is 5.65 Å². The molecule has 6 heteroatoms. The highest BCUT2D eigenvalue weighted by Crippen LogP contribution is 2.20. The van der Waals surface area contributed by atoms with Gasteiger partial charge in [-0.05, 0) is 15.9 Å². The minimum absolute atomic E-state index is 0.561. The zero-order valence-corrected chi connectivity index (χ0v) is 6.98. The van der Waals surface area contributed by atoms with Crippen LogP contribution in [0.25, 0.3) is 5.65 Å². The number of nitrogens with two attached hydrogens (primary N) is 1. The lowest BCUT2D eigenvalue weighted by Gasteiger charge is -1.96. The monoisotopic (exact) mass is 213 g/mol. The van der Waals surface area contributed by atoms with Crippen LogP contribution < -0.4 is 5.73 Å². The summed E-state index contributed by atoms with van der Waals surface area (Å²) in [4.78, 5) is 0. The Morgan fingerprint density at radius 3 is 3.18 bits per heavy atom. The van der Waals surface area contributed by atoms with Crippen molar-refractivity contribution in [3.63, 3.8) is 0 Å². The van der Waals surface area contributed by atoms with Gasteiger partial charge in [-0.2, -0.15) is 9.61 Å². The second-order valence-corrected chi connectivity index (χ2v) is 2.81. The molecule has 56 valence electrons. The van der Waals surface area contributed by atoms with E-state index in [1.807, 2.05) is 0 Å². The number of nitrogen functional groups attached to an aromatic ring is 1. The first-order valence-electron chi connectivity index (χ1n) is 2.89. The fourth-order valence-electron chi connectivity index (χ4n) is 0.769. The minimum Gasteiger partial charge on any atom is -0.396 e. The van der Waals surface area contributed by atoms with E-state index in [1.54, 1.807) is 10.7 Å². The Hall–Kier alpha value is -1.17. The molecule has 0 fully saturated rings. The Kier molecular flexibility index (Phi) is 1.28. The number of halogens is 1. The van der Waals surface area contributed by atoms with Gasteiger partial charge in [0.05, 0.1) is 16.4 Å². The molecule has 2 N–H and O–H groups in total. The van der Waals surface area contributed by atoms with E-state index in [-0.39, 0.29) is 0 Å². The van der Waals surface area contributed by atoms with Gasteiger partial charge >= 0.3 is 0 Å². The summed E-state index contributed by atoms with van der Waals surface area (Å²) in [5, 5.41) is 11.4. The number of fused-ring (bicyclic) bond motifs is 1. The second-order valence-electron chi connectivity index (χ2n) is 2.01. The number of nitrogens with zero attached hydrogens (tertiary/aromatic N) is 4. The smallest absolute Gasteiger partial charge is 0.193 e. The fraction of sp³-hybridized carbons (Fsp3) is 0. The first kappa shape index (κ1) is 6.53. The van der Waals surface area contributed by atoms with Gasteiger partial charge in [-0.25, -0.2) is 0 Å². The highest BCUT2D eigenvalue weighted by Gasteiger charge is 2.03. The summed E-state index contributed by atoms with van der Waals surface area (Å²) in [7, 11) is 0. The van der Waals surface area contributed by atoms with Crippen molar-refractivity contribution in [1.82, 2.24) is 19.8 Å². The van der Waals surface area contributed by atoms with E-state index in [0.29, 0.717) is 11.3 Å². The number of rotatable bonds is 0. The van der Waals surface area contributed by atoms with Gasteiger partial charge in [-0.15, -0.1) is 10.2 Å². The maximum Gasteiger partial charge on any atom is 0.193 e. The molecule has 5 nitrogen and oxygen atoms in total. The molecule has 0 aromatic carbocycles. The largest absolute Gasteiger partial charge is 0.396 e. The van der Waals surface area contributed by atoms with Crippen LogP contribution in [0.15, 0.2) is 17.0 Å². The molecule has 0 bridgehead atoms. The lowest BCUT2D eigenvalue weighted by atomic mass is 10.5. The number of hydrogen-bond acceptors (Lipinski definition) is 4. The molecule has 2 aromatic rings. The molecule has 2 heterocycles.